The maximum atomic E-state index is 10.7. The van der Waals surface area contributed by atoms with Crippen LogP contribution in [0.25, 0.3) is 0 Å². The summed E-state index contributed by atoms with van der Waals surface area (Å²) in [7, 11) is 0. The van der Waals surface area contributed by atoms with Gasteiger partial charge in [0.25, 0.3) is 0 Å². The van der Waals surface area contributed by atoms with Crippen molar-refractivity contribution in [1.29, 1.82) is 0 Å². The van der Waals surface area contributed by atoms with Crippen molar-refractivity contribution in [2.45, 2.75) is 58.0 Å². The maximum absolute atomic E-state index is 10.7. The van der Waals surface area contributed by atoms with Gasteiger partial charge in [0.2, 0.25) is 0 Å². The largest absolute Gasteiger partial charge is 0.450 e. The quantitative estimate of drug-likeness (QED) is 0.664. The minimum Gasteiger partial charge on any atom is -0.450 e. The summed E-state index contributed by atoms with van der Waals surface area (Å²) in [5.41, 5.74) is -0.644. The van der Waals surface area contributed by atoms with Crippen LogP contribution in [0, 0.1) is 5.92 Å². The monoisotopic (exact) mass is 218 g/mol. The molecule has 3 heteroatoms. The number of hydrogen-bond donors (Lipinski definition) is 0. The number of halogens is 1. The van der Waals surface area contributed by atoms with Crippen molar-refractivity contribution in [3.8, 4) is 0 Å². The van der Waals surface area contributed by atoms with Gasteiger partial charge in [0.05, 0.1) is 0 Å². The second-order valence-electron chi connectivity index (χ2n) is 4.08. The molecule has 0 N–H and O–H groups in total. The molecule has 1 atom stereocenters. The van der Waals surface area contributed by atoms with Gasteiger partial charge in [-0.25, -0.2) is 4.79 Å². The molecule has 0 aliphatic heterocycles. The van der Waals surface area contributed by atoms with E-state index in [0.29, 0.717) is 5.92 Å². The lowest BCUT2D eigenvalue weighted by molar-refractivity contribution is 0.0581. The van der Waals surface area contributed by atoms with E-state index in [9.17, 15) is 4.79 Å². The molecule has 1 saturated carbocycles. The zero-order valence-electron chi connectivity index (χ0n) is 8.80. The Bertz CT molecular complexity index is 176. The molecular formula is C11H19ClO2. The SMILES string of the molecule is CCCC(OC(=O)Cl)C1CCCCC1. The van der Waals surface area contributed by atoms with Crippen LogP contribution in [-0.2, 0) is 4.74 Å². The molecule has 0 saturated heterocycles. The Morgan fingerprint density at radius 2 is 2.07 bits per heavy atom. The van der Waals surface area contributed by atoms with Crippen molar-refractivity contribution in [2.75, 3.05) is 0 Å². The first kappa shape index (κ1) is 11.8. The molecule has 1 aliphatic carbocycles. The van der Waals surface area contributed by atoms with E-state index in [1.165, 1.54) is 32.1 Å². The number of ether oxygens (including phenoxy) is 1. The molecule has 0 aromatic rings. The van der Waals surface area contributed by atoms with Crippen LogP contribution >= 0.6 is 11.6 Å². The molecule has 0 heterocycles. The number of hydrogen-bond acceptors (Lipinski definition) is 2. The highest BCUT2D eigenvalue weighted by Crippen LogP contribution is 2.30. The molecule has 2 nitrogen and oxygen atoms in total. The lowest BCUT2D eigenvalue weighted by Crippen LogP contribution is -2.26. The van der Waals surface area contributed by atoms with Gasteiger partial charge >= 0.3 is 5.43 Å². The summed E-state index contributed by atoms with van der Waals surface area (Å²) in [5.74, 6) is 0.548. The highest BCUT2D eigenvalue weighted by Gasteiger charge is 2.25. The average molecular weight is 219 g/mol. The Morgan fingerprint density at radius 3 is 2.57 bits per heavy atom. The summed E-state index contributed by atoms with van der Waals surface area (Å²) >= 11 is 5.27. The zero-order chi connectivity index (χ0) is 10.4. The van der Waals surface area contributed by atoms with E-state index in [0.717, 1.165) is 12.8 Å². The van der Waals surface area contributed by atoms with Gasteiger partial charge in [0.1, 0.15) is 6.10 Å². The number of carbonyl (C=O) groups excluding carboxylic acids is 1. The third-order valence-electron chi connectivity index (χ3n) is 2.99. The van der Waals surface area contributed by atoms with Gasteiger partial charge in [-0.05, 0) is 25.2 Å². The summed E-state index contributed by atoms with van der Waals surface area (Å²) in [6.45, 7) is 2.11. The van der Waals surface area contributed by atoms with Crippen LogP contribution in [0.4, 0.5) is 4.79 Å². The van der Waals surface area contributed by atoms with Crippen LogP contribution in [0.2, 0.25) is 0 Å². The second kappa shape index (κ2) is 6.28. The minimum atomic E-state index is -0.644. The highest BCUT2D eigenvalue weighted by atomic mass is 35.5. The van der Waals surface area contributed by atoms with Crippen molar-refractivity contribution >= 4 is 17.0 Å². The Kier molecular flexibility index (Phi) is 5.31. The van der Waals surface area contributed by atoms with E-state index in [-0.39, 0.29) is 6.10 Å². The summed E-state index contributed by atoms with van der Waals surface area (Å²) < 4.78 is 5.16. The molecule has 0 aromatic carbocycles. The van der Waals surface area contributed by atoms with Crippen molar-refractivity contribution < 1.29 is 9.53 Å². The van der Waals surface area contributed by atoms with Crippen LogP contribution in [0.15, 0.2) is 0 Å². The van der Waals surface area contributed by atoms with Gasteiger partial charge in [-0.15, -0.1) is 0 Å². The number of carbonyl (C=O) groups is 1. The Balaban J connectivity index is 2.42. The maximum Gasteiger partial charge on any atom is 0.404 e. The molecular weight excluding hydrogens is 200 g/mol. The van der Waals surface area contributed by atoms with E-state index in [2.05, 4.69) is 6.92 Å². The first-order valence-corrected chi connectivity index (χ1v) is 5.98. The van der Waals surface area contributed by atoms with Gasteiger partial charge in [-0.1, -0.05) is 32.6 Å². The van der Waals surface area contributed by atoms with Crippen LogP contribution in [-0.4, -0.2) is 11.5 Å². The lowest BCUT2D eigenvalue weighted by atomic mass is 9.84. The van der Waals surface area contributed by atoms with Crippen molar-refractivity contribution in [3.05, 3.63) is 0 Å². The summed E-state index contributed by atoms with van der Waals surface area (Å²) in [6, 6.07) is 0. The normalized spacial score (nSPS) is 20.4. The van der Waals surface area contributed by atoms with Gasteiger partial charge in [0.15, 0.2) is 0 Å². The number of rotatable bonds is 4. The first-order valence-electron chi connectivity index (χ1n) is 5.60. The highest BCUT2D eigenvalue weighted by molar-refractivity contribution is 6.61. The van der Waals surface area contributed by atoms with Crippen molar-refractivity contribution in [1.82, 2.24) is 0 Å². The Morgan fingerprint density at radius 1 is 1.43 bits per heavy atom. The Labute approximate surface area is 91.0 Å². The topological polar surface area (TPSA) is 26.3 Å². The fourth-order valence-electron chi connectivity index (χ4n) is 2.30. The molecule has 82 valence electrons. The molecule has 14 heavy (non-hydrogen) atoms. The molecule has 0 bridgehead atoms. The smallest absolute Gasteiger partial charge is 0.404 e. The van der Waals surface area contributed by atoms with Crippen LogP contribution in [0.1, 0.15) is 51.9 Å². The average Bonchev–Trinajstić information content (AvgIpc) is 2.18. The van der Waals surface area contributed by atoms with E-state index < -0.39 is 5.43 Å². The molecule has 0 amide bonds. The standard InChI is InChI=1S/C11H19ClO2/c1-2-6-10(14-11(12)13)9-7-4-3-5-8-9/h9-10H,2-8H2,1H3. The summed E-state index contributed by atoms with van der Waals surface area (Å²) in [6.07, 6.45) is 8.29. The third kappa shape index (κ3) is 3.87. The van der Waals surface area contributed by atoms with Gasteiger partial charge in [-0.2, -0.15) is 0 Å². The predicted octanol–water partition coefficient (Wildman–Crippen LogP) is 4.11. The minimum absolute atomic E-state index is 0.0605. The second-order valence-corrected chi connectivity index (χ2v) is 4.39. The van der Waals surface area contributed by atoms with Crippen LogP contribution < -0.4 is 0 Å². The summed E-state index contributed by atoms with van der Waals surface area (Å²) in [5, 5.41) is 0. The molecule has 0 radical (unpaired) electrons. The van der Waals surface area contributed by atoms with E-state index in [1.807, 2.05) is 0 Å². The zero-order valence-corrected chi connectivity index (χ0v) is 9.55. The fraction of sp³-hybridized carbons (Fsp3) is 0.909. The van der Waals surface area contributed by atoms with Crippen molar-refractivity contribution in [3.63, 3.8) is 0 Å². The third-order valence-corrected chi connectivity index (χ3v) is 3.08. The van der Waals surface area contributed by atoms with E-state index in [4.69, 9.17) is 16.3 Å². The van der Waals surface area contributed by atoms with Crippen molar-refractivity contribution in [2.24, 2.45) is 5.92 Å². The lowest BCUT2D eigenvalue weighted by Gasteiger charge is -2.29. The van der Waals surface area contributed by atoms with Gasteiger partial charge in [0, 0.05) is 11.6 Å². The predicted molar refractivity (Wildman–Crippen MR) is 57.6 cm³/mol. The molecule has 1 aliphatic rings. The molecule has 1 fully saturated rings. The van der Waals surface area contributed by atoms with E-state index in [1.54, 1.807) is 0 Å². The molecule has 0 spiro atoms. The van der Waals surface area contributed by atoms with Crippen LogP contribution in [0.5, 0.6) is 0 Å². The first-order chi connectivity index (χ1) is 6.74. The molecule has 1 unspecified atom stereocenters. The fourth-order valence-corrected chi connectivity index (χ4v) is 2.41. The van der Waals surface area contributed by atoms with Gasteiger partial charge in [-0.3, -0.25) is 0 Å². The Hall–Kier alpha value is -0.240. The summed E-state index contributed by atoms with van der Waals surface area (Å²) in [4.78, 5) is 10.7. The van der Waals surface area contributed by atoms with Crippen LogP contribution in [0.3, 0.4) is 0 Å². The van der Waals surface area contributed by atoms with E-state index >= 15 is 0 Å². The molecule has 1 rings (SSSR count). The molecule has 0 aromatic heterocycles. The van der Waals surface area contributed by atoms with Gasteiger partial charge < -0.3 is 4.74 Å².